The number of aromatic nitrogens is 2. The second-order valence-electron chi connectivity index (χ2n) is 4.23. The highest BCUT2D eigenvalue weighted by molar-refractivity contribution is 5.75. The number of nitrogens with two attached hydrogens (primary N) is 1. The van der Waals surface area contributed by atoms with E-state index in [1.54, 1.807) is 12.3 Å². The topological polar surface area (TPSA) is 93.2 Å². The number of carbonyl (C=O) groups is 1. The maximum Gasteiger partial charge on any atom is 0.241 e. The molecule has 0 saturated heterocycles. The first-order valence-electron chi connectivity index (χ1n) is 5.37. The van der Waals surface area contributed by atoms with E-state index in [1.165, 1.54) is 4.68 Å². The Bertz CT molecular complexity index is 371. The number of aliphatic hydroxyl groups excluding tert-OH is 1. The van der Waals surface area contributed by atoms with Crippen molar-refractivity contribution in [1.82, 2.24) is 15.1 Å². The first-order chi connectivity index (χ1) is 7.63. The summed E-state index contributed by atoms with van der Waals surface area (Å²) in [5.41, 5.74) is 5.43. The summed E-state index contributed by atoms with van der Waals surface area (Å²) in [6.07, 6.45) is 3.07. The molecule has 0 bridgehead atoms. The molecule has 2 rings (SSSR count). The fourth-order valence-electron chi connectivity index (χ4n) is 1.79. The second-order valence-corrected chi connectivity index (χ2v) is 4.23. The van der Waals surface area contributed by atoms with E-state index < -0.39 is 0 Å². The van der Waals surface area contributed by atoms with Gasteiger partial charge in [-0.3, -0.25) is 9.48 Å². The molecule has 1 saturated carbocycles. The Morgan fingerprint density at radius 2 is 2.44 bits per heavy atom. The first kappa shape index (κ1) is 10.9. The van der Waals surface area contributed by atoms with Crippen LogP contribution >= 0.6 is 0 Å². The van der Waals surface area contributed by atoms with E-state index in [2.05, 4.69) is 10.4 Å². The quantitative estimate of drug-likeness (QED) is 0.633. The van der Waals surface area contributed by atoms with Crippen molar-refractivity contribution in [2.75, 3.05) is 12.3 Å². The Hall–Kier alpha value is -1.56. The van der Waals surface area contributed by atoms with Gasteiger partial charge in [-0.2, -0.15) is 5.10 Å². The van der Waals surface area contributed by atoms with Crippen LogP contribution in [-0.2, 0) is 11.3 Å². The lowest BCUT2D eigenvalue weighted by molar-refractivity contribution is -0.122. The van der Waals surface area contributed by atoms with Gasteiger partial charge in [-0.25, -0.2) is 0 Å². The lowest BCUT2D eigenvalue weighted by Gasteiger charge is -2.31. The molecule has 16 heavy (non-hydrogen) atoms. The lowest BCUT2D eigenvalue weighted by atomic mass is 9.82. The zero-order chi connectivity index (χ0) is 11.5. The minimum Gasteiger partial charge on any atom is -0.393 e. The van der Waals surface area contributed by atoms with E-state index in [1.807, 2.05) is 0 Å². The summed E-state index contributed by atoms with van der Waals surface area (Å²) in [6, 6.07) is 1.65. The lowest BCUT2D eigenvalue weighted by Crippen LogP contribution is -2.39. The fourth-order valence-corrected chi connectivity index (χ4v) is 1.79. The molecule has 1 aliphatic rings. The van der Waals surface area contributed by atoms with E-state index in [-0.39, 0.29) is 18.6 Å². The predicted molar refractivity (Wildman–Crippen MR) is 58.4 cm³/mol. The molecule has 0 radical (unpaired) electrons. The number of hydrogen-bond donors (Lipinski definition) is 3. The van der Waals surface area contributed by atoms with E-state index in [0.29, 0.717) is 18.3 Å². The van der Waals surface area contributed by atoms with Crippen LogP contribution in [0.1, 0.15) is 12.8 Å². The molecule has 0 aromatic carbocycles. The van der Waals surface area contributed by atoms with Crippen molar-refractivity contribution in [1.29, 1.82) is 0 Å². The molecule has 0 aliphatic heterocycles. The average molecular weight is 224 g/mol. The van der Waals surface area contributed by atoms with E-state index in [9.17, 15) is 4.79 Å². The Labute approximate surface area is 93.4 Å². The molecule has 4 N–H and O–H groups in total. The predicted octanol–water partition coefficient (Wildman–Crippen LogP) is -0.648. The molecule has 1 heterocycles. The third-order valence-corrected chi connectivity index (χ3v) is 2.77. The number of nitrogens with one attached hydrogen (secondary N) is 1. The molecule has 0 spiro atoms. The maximum atomic E-state index is 11.5. The average Bonchev–Trinajstić information content (AvgIpc) is 2.57. The van der Waals surface area contributed by atoms with E-state index in [4.69, 9.17) is 10.8 Å². The van der Waals surface area contributed by atoms with Gasteiger partial charge in [-0.15, -0.1) is 0 Å². The Balaban J connectivity index is 1.68. The molecular weight excluding hydrogens is 208 g/mol. The van der Waals surface area contributed by atoms with Crippen LogP contribution in [0.25, 0.3) is 0 Å². The smallest absolute Gasteiger partial charge is 0.241 e. The van der Waals surface area contributed by atoms with Gasteiger partial charge in [0.1, 0.15) is 12.4 Å². The summed E-state index contributed by atoms with van der Waals surface area (Å²) in [7, 11) is 0. The highest BCUT2D eigenvalue weighted by atomic mass is 16.3. The number of hydrogen-bond acceptors (Lipinski definition) is 4. The third kappa shape index (κ3) is 2.73. The van der Waals surface area contributed by atoms with Crippen LogP contribution in [0.3, 0.4) is 0 Å². The summed E-state index contributed by atoms with van der Waals surface area (Å²) in [6.45, 7) is 0.819. The summed E-state index contributed by atoms with van der Waals surface area (Å²) in [5.74, 6) is 0.751. The van der Waals surface area contributed by atoms with Gasteiger partial charge < -0.3 is 16.2 Å². The Morgan fingerprint density at radius 1 is 1.69 bits per heavy atom. The molecular formula is C10H16N4O2. The van der Waals surface area contributed by atoms with Crippen LogP contribution in [0.15, 0.2) is 12.3 Å². The van der Waals surface area contributed by atoms with Gasteiger partial charge >= 0.3 is 0 Å². The molecule has 1 fully saturated rings. The van der Waals surface area contributed by atoms with Crippen LogP contribution in [0.2, 0.25) is 0 Å². The number of nitrogen functional groups attached to an aromatic ring is 1. The summed E-state index contributed by atoms with van der Waals surface area (Å²) >= 11 is 0. The summed E-state index contributed by atoms with van der Waals surface area (Å²) in [4.78, 5) is 11.5. The molecule has 0 atom stereocenters. The van der Waals surface area contributed by atoms with Gasteiger partial charge in [0, 0.05) is 12.7 Å². The Morgan fingerprint density at radius 3 is 3.00 bits per heavy atom. The SMILES string of the molecule is Nc1ccn(CC(=O)NCC2CC(O)C2)n1. The summed E-state index contributed by atoms with van der Waals surface area (Å²) < 4.78 is 1.50. The first-order valence-corrected chi connectivity index (χ1v) is 5.37. The molecule has 1 aromatic heterocycles. The van der Waals surface area contributed by atoms with Gasteiger partial charge in [-0.05, 0) is 24.8 Å². The van der Waals surface area contributed by atoms with Crippen LogP contribution in [0.5, 0.6) is 0 Å². The van der Waals surface area contributed by atoms with Crippen LogP contribution in [-0.4, -0.2) is 33.4 Å². The van der Waals surface area contributed by atoms with Gasteiger partial charge in [-0.1, -0.05) is 0 Å². The van der Waals surface area contributed by atoms with E-state index >= 15 is 0 Å². The van der Waals surface area contributed by atoms with Gasteiger partial charge in [0.05, 0.1) is 6.10 Å². The number of aliphatic hydroxyl groups is 1. The maximum absolute atomic E-state index is 11.5. The largest absolute Gasteiger partial charge is 0.393 e. The number of nitrogens with zero attached hydrogens (tertiary/aromatic N) is 2. The van der Waals surface area contributed by atoms with Crippen molar-refractivity contribution < 1.29 is 9.90 Å². The van der Waals surface area contributed by atoms with Gasteiger partial charge in [0.15, 0.2) is 0 Å². The Kier molecular flexibility index (Phi) is 3.09. The zero-order valence-electron chi connectivity index (χ0n) is 8.97. The number of anilines is 1. The van der Waals surface area contributed by atoms with Crippen LogP contribution < -0.4 is 11.1 Å². The molecule has 1 amide bonds. The monoisotopic (exact) mass is 224 g/mol. The van der Waals surface area contributed by atoms with Crippen LogP contribution in [0, 0.1) is 5.92 Å². The highest BCUT2D eigenvalue weighted by Gasteiger charge is 2.27. The van der Waals surface area contributed by atoms with Gasteiger partial charge in [0.2, 0.25) is 5.91 Å². The highest BCUT2D eigenvalue weighted by Crippen LogP contribution is 2.25. The molecule has 0 unspecified atom stereocenters. The molecule has 6 nitrogen and oxygen atoms in total. The van der Waals surface area contributed by atoms with Crippen molar-refractivity contribution in [3.8, 4) is 0 Å². The number of rotatable bonds is 4. The van der Waals surface area contributed by atoms with E-state index in [0.717, 1.165) is 12.8 Å². The fraction of sp³-hybridized carbons (Fsp3) is 0.600. The number of amides is 1. The molecule has 1 aromatic rings. The van der Waals surface area contributed by atoms with Crippen LogP contribution in [0.4, 0.5) is 5.82 Å². The third-order valence-electron chi connectivity index (χ3n) is 2.77. The standard InChI is InChI=1S/C10H16N4O2/c11-9-1-2-14(13-9)6-10(16)12-5-7-3-8(15)4-7/h1-2,7-8,15H,3-6H2,(H2,11,13)(H,12,16). The summed E-state index contributed by atoms with van der Waals surface area (Å²) in [5, 5.41) is 15.8. The van der Waals surface area contributed by atoms with Crippen molar-refractivity contribution >= 4 is 11.7 Å². The molecule has 88 valence electrons. The van der Waals surface area contributed by atoms with Gasteiger partial charge in [0.25, 0.3) is 0 Å². The van der Waals surface area contributed by atoms with Crippen molar-refractivity contribution in [3.63, 3.8) is 0 Å². The molecule has 6 heteroatoms. The van der Waals surface area contributed by atoms with Crippen molar-refractivity contribution in [2.45, 2.75) is 25.5 Å². The van der Waals surface area contributed by atoms with Crippen molar-refractivity contribution in [2.24, 2.45) is 5.92 Å². The minimum absolute atomic E-state index is 0.0792. The normalized spacial score (nSPS) is 23.8. The number of carbonyl (C=O) groups excluding carboxylic acids is 1. The second kappa shape index (κ2) is 4.52. The minimum atomic E-state index is -0.173. The van der Waals surface area contributed by atoms with Crippen molar-refractivity contribution in [3.05, 3.63) is 12.3 Å². The molecule has 1 aliphatic carbocycles. The zero-order valence-corrected chi connectivity index (χ0v) is 8.97.